The second kappa shape index (κ2) is 5.97. The summed E-state index contributed by atoms with van der Waals surface area (Å²) in [7, 11) is 1.72. The Bertz CT molecular complexity index is 427. The number of carboxylic acids is 1. The van der Waals surface area contributed by atoms with E-state index in [2.05, 4.69) is 15.3 Å². The summed E-state index contributed by atoms with van der Waals surface area (Å²) < 4.78 is 5.31. The SMILES string of the molecule is COCC1(CNc2cnc(C(=O)O)cn2)CCCC1. The van der Waals surface area contributed by atoms with Gasteiger partial charge in [-0.3, -0.25) is 0 Å². The zero-order chi connectivity index (χ0) is 13.7. The number of nitrogens with one attached hydrogen (secondary N) is 1. The Morgan fingerprint density at radius 3 is 2.68 bits per heavy atom. The molecule has 0 aromatic carbocycles. The van der Waals surface area contributed by atoms with Crippen LogP contribution in [0.15, 0.2) is 12.4 Å². The molecule has 1 aliphatic carbocycles. The monoisotopic (exact) mass is 265 g/mol. The van der Waals surface area contributed by atoms with E-state index >= 15 is 0 Å². The van der Waals surface area contributed by atoms with Crippen LogP contribution < -0.4 is 5.32 Å². The zero-order valence-corrected chi connectivity index (χ0v) is 11.1. The first-order valence-corrected chi connectivity index (χ1v) is 6.43. The van der Waals surface area contributed by atoms with E-state index in [1.165, 1.54) is 25.2 Å². The number of carbonyl (C=O) groups is 1. The molecule has 0 aliphatic heterocycles. The summed E-state index contributed by atoms with van der Waals surface area (Å²) in [6, 6.07) is 0. The summed E-state index contributed by atoms with van der Waals surface area (Å²) in [6.07, 6.45) is 7.48. The van der Waals surface area contributed by atoms with Crippen LogP contribution in [0.4, 0.5) is 5.82 Å². The van der Waals surface area contributed by atoms with Crippen molar-refractivity contribution in [1.82, 2.24) is 9.97 Å². The molecule has 2 rings (SSSR count). The number of aromatic nitrogens is 2. The third kappa shape index (κ3) is 3.41. The van der Waals surface area contributed by atoms with E-state index in [0.29, 0.717) is 5.82 Å². The Labute approximate surface area is 112 Å². The van der Waals surface area contributed by atoms with Crippen molar-refractivity contribution in [2.75, 3.05) is 25.6 Å². The zero-order valence-electron chi connectivity index (χ0n) is 11.1. The van der Waals surface area contributed by atoms with Gasteiger partial charge in [-0.2, -0.15) is 0 Å². The maximum absolute atomic E-state index is 10.7. The minimum Gasteiger partial charge on any atom is -0.476 e. The Morgan fingerprint density at radius 2 is 2.16 bits per heavy atom. The van der Waals surface area contributed by atoms with Crippen LogP contribution in [0.1, 0.15) is 36.2 Å². The molecule has 0 atom stereocenters. The fourth-order valence-electron chi connectivity index (χ4n) is 2.61. The molecule has 0 radical (unpaired) electrons. The number of aromatic carboxylic acids is 1. The van der Waals surface area contributed by atoms with E-state index in [9.17, 15) is 4.79 Å². The summed E-state index contributed by atoms with van der Waals surface area (Å²) in [5, 5.41) is 12.0. The minimum absolute atomic E-state index is 0.0435. The number of hydrogen-bond acceptors (Lipinski definition) is 5. The first-order chi connectivity index (χ1) is 9.15. The van der Waals surface area contributed by atoms with Gasteiger partial charge in [0.25, 0.3) is 0 Å². The minimum atomic E-state index is -1.06. The Balaban J connectivity index is 1.95. The van der Waals surface area contributed by atoms with Crippen LogP contribution >= 0.6 is 0 Å². The number of hydrogen-bond donors (Lipinski definition) is 2. The summed E-state index contributed by atoms with van der Waals surface area (Å²) >= 11 is 0. The van der Waals surface area contributed by atoms with Gasteiger partial charge in [0, 0.05) is 19.1 Å². The number of rotatable bonds is 6. The molecule has 104 valence electrons. The first kappa shape index (κ1) is 13.7. The fraction of sp³-hybridized carbons (Fsp3) is 0.615. The van der Waals surface area contributed by atoms with Gasteiger partial charge in [0.05, 0.1) is 19.0 Å². The van der Waals surface area contributed by atoms with E-state index in [1.807, 2.05) is 0 Å². The maximum atomic E-state index is 10.7. The standard InChI is InChI=1S/C13H19N3O3/c1-19-9-13(4-2-3-5-13)8-16-11-7-14-10(6-15-11)12(17)18/h6-7H,2-5,8-9H2,1H3,(H,15,16)(H,17,18). The van der Waals surface area contributed by atoms with E-state index in [0.717, 1.165) is 26.0 Å². The van der Waals surface area contributed by atoms with Crippen LogP contribution in [-0.4, -0.2) is 41.3 Å². The normalized spacial score (nSPS) is 17.3. The van der Waals surface area contributed by atoms with Gasteiger partial charge in [0.1, 0.15) is 5.82 Å². The summed E-state index contributed by atoms with van der Waals surface area (Å²) in [5.74, 6) is -0.460. The molecule has 1 aromatic heterocycles. The molecule has 0 spiro atoms. The van der Waals surface area contributed by atoms with Crippen LogP contribution in [0.3, 0.4) is 0 Å². The summed E-state index contributed by atoms with van der Waals surface area (Å²) in [4.78, 5) is 18.6. The molecule has 1 aliphatic rings. The Hall–Kier alpha value is -1.69. The van der Waals surface area contributed by atoms with Crippen molar-refractivity contribution in [3.05, 3.63) is 18.1 Å². The number of anilines is 1. The first-order valence-electron chi connectivity index (χ1n) is 6.43. The summed E-state index contributed by atoms with van der Waals surface area (Å²) in [5.41, 5.74) is 0.125. The van der Waals surface area contributed by atoms with Crippen molar-refractivity contribution in [2.24, 2.45) is 5.41 Å². The van der Waals surface area contributed by atoms with Gasteiger partial charge in [-0.05, 0) is 12.8 Å². The molecule has 2 N–H and O–H groups in total. The van der Waals surface area contributed by atoms with Crippen LogP contribution in [0.2, 0.25) is 0 Å². The number of nitrogens with zero attached hydrogens (tertiary/aromatic N) is 2. The van der Waals surface area contributed by atoms with Crippen LogP contribution in [0, 0.1) is 5.41 Å². The fourth-order valence-corrected chi connectivity index (χ4v) is 2.61. The van der Waals surface area contributed by atoms with Crippen molar-refractivity contribution >= 4 is 11.8 Å². The van der Waals surface area contributed by atoms with Crippen molar-refractivity contribution < 1.29 is 14.6 Å². The van der Waals surface area contributed by atoms with Gasteiger partial charge in [-0.15, -0.1) is 0 Å². The molecule has 0 bridgehead atoms. The molecule has 6 nitrogen and oxygen atoms in total. The summed E-state index contributed by atoms with van der Waals surface area (Å²) in [6.45, 7) is 1.52. The average Bonchev–Trinajstić information content (AvgIpc) is 2.86. The number of ether oxygens (including phenoxy) is 1. The third-order valence-electron chi connectivity index (χ3n) is 3.63. The lowest BCUT2D eigenvalue weighted by Crippen LogP contribution is -2.31. The molecular weight excluding hydrogens is 246 g/mol. The Kier molecular flexibility index (Phi) is 4.31. The number of carboxylic acid groups (broad SMARTS) is 1. The highest BCUT2D eigenvalue weighted by molar-refractivity contribution is 5.84. The van der Waals surface area contributed by atoms with Crippen LogP contribution in [0.5, 0.6) is 0 Å². The van der Waals surface area contributed by atoms with E-state index in [1.54, 1.807) is 7.11 Å². The molecule has 0 saturated heterocycles. The molecule has 0 unspecified atom stereocenters. The molecule has 1 aromatic rings. The molecule has 1 heterocycles. The third-order valence-corrected chi connectivity index (χ3v) is 3.63. The van der Waals surface area contributed by atoms with Gasteiger partial charge in [0.15, 0.2) is 5.69 Å². The number of methoxy groups -OCH3 is 1. The van der Waals surface area contributed by atoms with E-state index < -0.39 is 5.97 Å². The predicted octanol–water partition coefficient (Wildman–Crippen LogP) is 1.79. The average molecular weight is 265 g/mol. The second-order valence-corrected chi connectivity index (χ2v) is 5.09. The molecular formula is C13H19N3O3. The maximum Gasteiger partial charge on any atom is 0.356 e. The quantitative estimate of drug-likeness (QED) is 0.815. The van der Waals surface area contributed by atoms with Gasteiger partial charge in [-0.25, -0.2) is 14.8 Å². The second-order valence-electron chi connectivity index (χ2n) is 5.09. The van der Waals surface area contributed by atoms with Gasteiger partial charge >= 0.3 is 5.97 Å². The molecule has 19 heavy (non-hydrogen) atoms. The van der Waals surface area contributed by atoms with Crippen molar-refractivity contribution in [1.29, 1.82) is 0 Å². The lowest BCUT2D eigenvalue weighted by Gasteiger charge is -2.28. The Morgan fingerprint density at radius 1 is 1.42 bits per heavy atom. The molecule has 1 fully saturated rings. The smallest absolute Gasteiger partial charge is 0.356 e. The lowest BCUT2D eigenvalue weighted by molar-refractivity contribution is 0.0690. The van der Waals surface area contributed by atoms with E-state index in [-0.39, 0.29) is 11.1 Å². The van der Waals surface area contributed by atoms with Crippen molar-refractivity contribution in [3.63, 3.8) is 0 Å². The van der Waals surface area contributed by atoms with Gasteiger partial charge in [-0.1, -0.05) is 12.8 Å². The van der Waals surface area contributed by atoms with Gasteiger partial charge < -0.3 is 15.2 Å². The largest absolute Gasteiger partial charge is 0.476 e. The highest BCUT2D eigenvalue weighted by atomic mass is 16.5. The lowest BCUT2D eigenvalue weighted by atomic mass is 9.87. The van der Waals surface area contributed by atoms with E-state index in [4.69, 9.17) is 9.84 Å². The van der Waals surface area contributed by atoms with Gasteiger partial charge in [0.2, 0.25) is 0 Å². The van der Waals surface area contributed by atoms with Crippen molar-refractivity contribution in [2.45, 2.75) is 25.7 Å². The van der Waals surface area contributed by atoms with Crippen LogP contribution in [0.25, 0.3) is 0 Å². The highest BCUT2D eigenvalue weighted by Gasteiger charge is 2.33. The molecule has 1 saturated carbocycles. The van der Waals surface area contributed by atoms with Crippen molar-refractivity contribution in [3.8, 4) is 0 Å². The molecule has 0 amide bonds. The predicted molar refractivity (Wildman–Crippen MR) is 70.3 cm³/mol. The topological polar surface area (TPSA) is 84.3 Å². The molecule has 6 heteroatoms. The highest BCUT2D eigenvalue weighted by Crippen LogP contribution is 2.38. The van der Waals surface area contributed by atoms with Crippen LogP contribution in [-0.2, 0) is 4.74 Å².